The van der Waals surface area contributed by atoms with Crippen LogP contribution >= 0.6 is 23.2 Å². The van der Waals surface area contributed by atoms with Gasteiger partial charge in [-0.2, -0.15) is 0 Å². The Bertz CT molecular complexity index is 1600. The molecule has 4 aromatic rings. The number of carbonyl (C=O) groups is 1. The maximum Gasteiger partial charge on any atom is 0.252 e. The van der Waals surface area contributed by atoms with E-state index in [4.69, 9.17) is 33.7 Å². The third-order valence-corrected chi connectivity index (χ3v) is 6.24. The van der Waals surface area contributed by atoms with E-state index in [0.717, 1.165) is 6.07 Å². The molecule has 0 spiro atoms. The molecule has 1 amide bonds. The van der Waals surface area contributed by atoms with Crippen LogP contribution in [0.3, 0.4) is 0 Å². The first-order valence-electron chi connectivity index (χ1n) is 11.4. The standard InChI is InChI=1S/C26H23Cl2FN6O3/c1-4-21(26(37)31-16-6-7-17(14(2)30)20(29)10-16)34-12-23(38-3)19(11-25(34)36)18-9-15(27)5-8-22(18)35-13-24(28)32-33-35/h5-13,21H,2,4,30H2,1,3H3,(H,31,37)/t21-/m0/s1. The maximum atomic E-state index is 14.3. The summed E-state index contributed by atoms with van der Waals surface area (Å²) in [6.07, 6.45) is 3.24. The fourth-order valence-corrected chi connectivity index (χ4v) is 4.32. The zero-order chi connectivity index (χ0) is 27.6. The molecule has 0 fully saturated rings. The summed E-state index contributed by atoms with van der Waals surface area (Å²) in [5.74, 6) is -0.830. The summed E-state index contributed by atoms with van der Waals surface area (Å²) in [6.45, 7) is 5.27. The van der Waals surface area contributed by atoms with Crippen LogP contribution in [-0.2, 0) is 4.79 Å². The van der Waals surface area contributed by atoms with E-state index in [9.17, 15) is 14.0 Å². The van der Waals surface area contributed by atoms with E-state index in [0.29, 0.717) is 27.6 Å². The van der Waals surface area contributed by atoms with Crippen molar-refractivity contribution < 1.29 is 13.9 Å². The summed E-state index contributed by atoms with van der Waals surface area (Å²) >= 11 is 12.2. The largest absolute Gasteiger partial charge is 0.495 e. The molecule has 0 unspecified atom stereocenters. The number of nitrogens with two attached hydrogens (primary N) is 1. The zero-order valence-electron chi connectivity index (χ0n) is 20.4. The maximum absolute atomic E-state index is 14.3. The molecule has 1 atom stereocenters. The van der Waals surface area contributed by atoms with Gasteiger partial charge in [0.25, 0.3) is 5.56 Å². The summed E-state index contributed by atoms with van der Waals surface area (Å²) < 4.78 is 22.6. The molecule has 2 aromatic heterocycles. The average Bonchev–Trinajstić information content (AvgIpc) is 3.30. The van der Waals surface area contributed by atoms with Gasteiger partial charge < -0.3 is 15.8 Å². The van der Waals surface area contributed by atoms with Gasteiger partial charge in [-0.05, 0) is 42.8 Å². The van der Waals surface area contributed by atoms with E-state index in [2.05, 4.69) is 22.2 Å². The topological polar surface area (TPSA) is 117 Å². The summed E-state index contributed by atoms with van der Waals surface area (Å²) in [4.78, 5) is 26.4. The van der Waals surface area contributed by atoms with Crippen LogP contribution in [0.4, 0.5) is 10.1 Å². The number of hydrogen-bond acceptors (Lipinski definition) is 6. The highest BCUT2D eigenvalue weighted by atomic mass is 35.5. The van der Waals surface area contributed by atoms with Crippen molar-refractivity contribution in [2.45, 2.75) is 19.4 Å². The third kappa shape index (κ3) is 5.41. The van der Waals surface area contributed by atoms with Crippen molar-refractivity contribution in [1.29, 1.82) is 0 Å². The number of halogens is 3. The van der Waals surface area contributed by atoms with E-state index < -0.39 is 23.3 Å². The number of methoxy groups -OCH3 is 1. The number of ether oxygens (including phenoxy) is 1. The van der Waals surface area contributed by atoms with Crippen molar-refractivity contribution in [3.63, 3.8) is 0 Å². The minimum Gasteiger partial charge on any atom is -0.495 e. The second-order valence-electron chi connectivity index (χ2n) is 8.28. The molecule has 0 aliphatic heterocycles. The first-order chi connectivity index (χ1) is 18.1. The molecule has 0 aliphatic rings. The third-order valence-electron chi connectivity index (χ3n) is 5.83. The van der Waals surface area contributed by atoms with Gasteiger partial charge in [0.05, 0.1) is 25.2 Å². The normalized spacial score (nSPS) is 11.7. The highest BCUT2D eigenvalue weighted by Crippen LogP contribution is 2.35. The summed E-state index contributed by atoms with van der Waals surface area (Å²) in [5.41, 5.74) is 7.04. The van der Waals surface area contributed by atoms with Crippen molar-refractivity contribution in [3.05, 3.63) is 93.3 Å². The number of rotatable bonds is 8. The number of carbonyl (C=O) groups excluding carboxylic acids is 1. The molecular weight excluding hydrogens is 534 g/mol. The minimum absolute atomic E-state index is 0.0697. The number of nitrogens with zero attached hydrogens (tertiary/aromatic N) is 4. The van der Waals surface area contributed by atoms with Crippen molar-refractivity contribution in [1.82, 2.24) is 19.6 Å². The molecule has 2 aromatic carbocycles. The number of aromatic nitrogens is 4. The quantitative estimate of drug-likeness (QED) is 0.313. The molecule has 4 rings (SSSR count). The molecule has 0 saturated heterocycles. The van der Waals surface area contributed by atoms with Crippen LogP contribution in [0.1, 0.15) is 24.9 Å². The molecule has 0 saturated carbocycles. The number of hydrogen-bond donors (Lipinski definition) is 2. The van der Waals surface area contributed by atoms with Crippen molar-refractivity contribution in [2.24, 2.45) is 5.73 Å². The predicted octanol–water partition coefficient (Wildman–Crippen LogP) is 5.07. The average molecular weight is 557 g/mol. The van der Waals surface area contributed by atoms with Gasteiger partial charge in [0.15, 0.2) is 5.15 Å². The van der Waals surface area contributed by atoms with E-state index in [1.807, 2.05) is 0 Å². The molecule has 0 aliphatic carbocycles. The van der Waals surface area contributed by atoms with Gasteiger partial charge >= 0.3 is 0 Å². The Balaban J connectivity index is 1.73. The van der Waals surface area contributed by atoms with Crippen LogP contribution in [0.2, 0.25) is 10.2 Å². The van der Waals surface area contributed by atoms with Gasteiger partial charge in [0.2, 0.25) is 5.91 Å². The number of anilines is 1. The van der Waals surface area contributed by atoms with Crippen molar-refractivity contribution in [2.75, 3.05) is 12.4 Å². The van der Waals surface area contributed by atoms with Crippen molar-refractivity contribution in [3.8, 4) is 22.6 Å². The van der Waals surface area contributed by atoms with Gasteiger partial charge in [-0.15, -0.1) is 5.10 Å². The van der Waals surface area contributed by atoms with Crippen molar-refractivity contribution >= 4 is 40.5 Å². The number of pyridine rings is 1. The molecule has 2 heterocycles. The Labute approximate surface area is 227 Å². The number of amides is 1. The SMILES string of the molecule is C=C(N)c1ccc(NC(=O)[C@H](CC)n2cc(OC)c(-c3cc(Cl)ccc3-n3cc(Cl)nn3)cc2=O)cc1F. The van der Waals surface area contributed by atoms with Crippen LogP contribution in [0, 0.1) is 5.82 Å². The molecular formula is C26H23Cl2FN6O3. The Morgan fingerprint density at radius 1 is 1.18 bits per heavy atom. The Hall–Kier alpha value is -4.15. The number of nitrogens with one attached hydrogen (secondary N) is 1. The molecule has 3 N–H and O–H groups in total. The van der Waals surface area contributed by atoms with Crippen LogP contribution in [-0.4, -0.2) is 32.6 Å². The predicted molar refractivity (Wildman–Crippen MR) is 145 cm³/mol. The van der Waals surface area contributed by atoms with Gasteiger partial charge in [-0.1, -0.05) is 41.9 Å². The van der Waals surface area contributed by atoms with E-state index in [1.165, 1.54) is 47.0 Å². The lowest BCUT2D eigenvalue weighted by Crippen LogP contribution is -2.32. The minimum atomic E-state index is -0.911. The summed E-state index contributed by atoms with van der Waals surface area (Å²) in [7, 11) is 1.45. The molecule has 0 radical (unpaired) electrons. The molecule has 38 heavy (non-hydrogen) atoms. The van der Waals surface area contributed by atoms with Crippen LogP contribution in [0.15, 0.2) is 66.2 Å². The fraction of sp³-hybridized carbons (Fsp3) is 0.154. The Kier molecular flexibility index (Phi) is 7.84. The lowest BCUT2D eigenvalue weighted by atomic mass is 10.0. The first-order valence-corrected chi connectivity index (χ1v) is 12.1. The van der Waals surface area contributed by atoms with E-state index in [1.54, 1.807) is 25.1 Å². The van der Waals surface area contributed by atoms with Gasteiger partial charge in [0.1, 0.15) is 17.6 Å². The van der Waals surface area contributed by atoms with Crippen LogP contribution in [0.5, 0.6) is 5.75 Å². The van der Waals surface area contributed by atoms with Gasteiger partial charge in [-0.3, -0.25) is 14.2 Å². The molecule has 0 bridgehead atoms. The van der Waals surface area contributed by atoms with E-state index >= 15 is 0 Å². The zero-order valence-corrected chi connectivity index (χ0v) is 21.9. The number of benzene rings is 2. The molecule has 12 heteroatoms. The smallest absolute Gasteiger partial charge is 0.252 e. The highest BCUT2D eigenvalue weighted by molar-refractivity contribution is 6.31. The monoisotopic (exact) mass is 556 g/mol. The Morgan fingerprint density at radius 3 is 2.55 bits per heavy atom. The van der Waals surface area contributed by atoms with E-state index in [-0.39, 0.29) is 28.5 Å². The summed E-state index contributed by atoms with van der Waals surface area (Å²) in [5, 5.41) is 11.1. The lowest BCUT2D eigenvalue weighted by molar-refractivity contribution is -0.119. The van der Waals surface area contributed by atoms with Gasteiger partial charge in [0, 0.05) is 39.2 Å². The Morgan fingerprint density at radius 2 is 1.95 bits per heavy atom. The van der Waals surface area contributed by atoms with Gasteiger partial charge in [-0.25, -0.2) is 9.07 Å². The molecule has 196 valence electrons. The first kappa shape index (κ1) is 26.9. The highest BCUT2D eigenvalue weighted by Gasteiger charge is 2.23. The second kappa shape index (κ2) is 11.1. The lowest BCUT2D eigenvalue weighted by Gasteiger charge is -2.21. The van der Waals surface area contributed by atoms with Crippen LogP contribution < -0.4 is 21.3 Å². The molecule has 9 nitrogen and oxygen atoms in total. The fourth-order valence-electron chi connectivity index (χ4n) is 4.02. The van der Waals surface area contributed by atoms with Crippen LogP contribution in [0.25, 0.3) is 22.5 Å². The summed E-state index contributed by atoms with van der Waals surface area (Å²) in [6, 6.07) is 9.54. The second-order valence-corrected chi connectivity index (χ2v) is 9.11.